The molecule has 0 unspecified atom stereocenters. The van der Waals surface area contributed by atoms with Crippen molar-refractivity contribution in [2.75, 3.05) is 20.0 Å². The van der Waals surface area contributed by atoms with Crippen molar-refractivity contribution in [2.45, 2.75) is 0 Å². The summed E-state index contributed by atoms with van der Waals surface area (Å²) < 4.78 is 10.7. The minimum Gasteiger partial charge on any atom is -0.493 e. The van der Waals surface area contributed by atoms with E-state index in [1.807, 2.05) is 36.4 Å². The molecule has 0 atom stereocenters. The van der Waals surface area contributed by atoms with Crippen LogP contribution in [0.1, 0.15) is 0 Å². The number of hydrogen-bond donors (Lipinski definition) is 1. The first kappa shape index (κ1) is 13.2. The summed E-state index contributed by atoms with van der Waals surface area (Å²) in [6, 6.07) is 13.5. The van der Waals surface area contributed by atoms with Gasteiger partial charge >= 0.3 is 0 Å². The molecule has 5 nitrogen and oxygen atoms in total. The predicted octanol–water partition coefficient (Wildman–Crippen LogP) is 2.90. The van der Waals surface area contributed by atoms with Gasteiger partial charge in [-0.15, -0.1) is 0 Å². The molecule has 21 heavy (non-hydrogen) atoms. The summed E-state index contributed by atoms with van der Waals surface area (Å²) in [6.07, 6.45) is 0. The molecule has 1 heterocycles. The first-order valence-electron chi connectivity index (χ1n) is 6.47. The van der Waals surface area contributed by atoms with Crippen LogP contribution in [0.4, 0.5) is 5.95 Å². The molecule has 0 saturated carbocycles. The Morgan fingerprint density at radius 2 is 1.57 bits per heavy atom. The van der Waals surface area contributed by atoms with Gasteiger partial charge in [0.1, 0.15) is 0 Å². The summed E-state index contributed by atoms with van der Waals surface area (Å²) in [6.45, 7) is 0. The van der Waals surface area contributed by atoms with Crippen LogP contribution in [0.5, 0.6) is 11.5 Å². The maximum Gasteiger partial charge on any atom is 0.221 e. The second kappa shape index (κ2) is 5.28. The van der Waals surface area contributed by atoms with E-state index in [0.29, 0.717) is 11.5 Å². The molecule has 3 rings (SSSR count). The molecule has 0 radical (unpaired) electrons. The molecule has 5 heteroatoms. The fraction of sp³-hybridized carbons (Fsp3) is 0.125. The van der Waals surface area contributed by atoms with Gasteiger partial charge in [-0.2, -0.15) is 0 Å². The topological polar surface area (TPSA) is 70.3 Å². The van der Waals surface area contributed by atoms with E-state index in [4.69, 9.17) is 15.2 Å². The zero-order valence-corrected chi connectivity index (χ0v) is 11.8. The molecule has 0 spiro atoms. The van der Waals surface area contributed by atoms with Crippen LogP contribution in [0.2, 0.25) is 0 Å². The molecule has 3 aromatic rings. The van der Waals surface area contributed by atoms with Crippen molar-refractivity contribution in [1.82, 2.24) is 9.97 Å². The highest BCUT2D eigenvalue weighted by molar-refractivity contribution is 5.95. The number of fused-ring (bicyclic) bond motifs is 1. The summed E-state index contributed by atoms with van der Waals surface area (Å²) in [5.41, 5.74) is 8.30. The number of rotatable bonds is 3. The van der Waals surface area contributed by atoms with E-state index in [1.54, 1.807) is 20.3 Å². The van der Waals surface area contributed by atoms with Gasteiger partial charge < -0.3 is 15.2 Å². The quantitative estimate of drug-likeness (QED) is 0.799. The molecule has 1 aromatic heterocycles. The molecular formula is C16H15N3O2. The van der Waals surface area contributed by atoms with Crippen molar-refractivity contribution < 1.29 is 9.47 Å². The van der Waals surface area contributed by atoms with Crippen molar-refractivity contribution >= 4 is 16.9 Å². The molecule has 2 aromatic carbocycles. The van der Waals surface area contributed by atoms with Gasteiger partial charge in [0.05, 0.1) is 25.4 Å². The van der Waals surface area contributed by atoms with Crippen molar-refractivity contribution in [1.29, 1.82) is 0 Å². The van der Waals surface area contributed by atoms with Crippen LogP contribution < -0.4 is 15.2 Å². The zero-order chi connectivity index (χ0) is 14.8. The highest BCUT2D eigenvalue weighted by Gasteiger charge is 2.13. The first-order valence-corrected chi connectivity index (χ1v) is 6.47. The van der Waals surface area contributed by atoms with E-state index < -0.39 is 0 Å². The van der Waals surface area contributed by atoms with Crippen molar-refractivity contribution in [3.8, 4) is 22.8 Å². The van der Waals surface area contributed by atoms with Gasteiger partial charge in [0, 0.05) is 17.0 Å². The molecule has 106 valence electrons. The maximum atomic E-state index is 5.83. The Labute approximate surface area is 122 Å². The highest BCUT2D eigenvalue weighted by Crippen LogP contribution is 2.35. The van der Waals surface area contributed by atoms with Crippen molar-refractivity contribution in [3.05, 3.63) is 42.5 Å². The Balaban J connectivity index is 2.34. The number of nitrogens with zero attached hydrogens (tertiary/aromatic N) is 2. The molecule has 2 N–H and O–H groups in total. The summed E-state index contributed by atoms with van der Waals surface area (Å²) >= 11 is 0. The zero-order valence-electron chi connectivity index (χ0n) is 11.8. The third-order valence-corrected chi connectivity index (χ3v) is 3.27. The smallest absolute Gasteiger partial charge is 0.221 e. The number of aromatic nitrogens is 2. The normalized spacial score (nSPS) is 10.6. The highest BCUT2D eigenvalue weighted by atomic mass is 16.5. The predicted molar refractivity (Wildman–Crippen MR) is 82.5 cm³/mol. The third-order valence-electron chi connectivity index (χ3n) is 3.27. The molecule has 0 aliphatic carbocycles. The van der Waals surface area contributed by atoms with Gasteiger partial charge in [0.15, 0.2) is 11.5 Å². The summed E-state index contributed by atoms with van der Waals surface area (Å²) in [7, 11) is 3.19. The van der Waals surface area contributed by atoms with Crippen LogP contribution in [0.25, 0.3) is 22.2 Å². The van der Waals surface area contributed by atoms with Crippen LogP contribution in [0, 0.1) is 0 Å². The number of anilines is 1. The van der Waals surface area contributed by atoms with E-state index in [1.165, 1.54) is 0 Å². The van der Waals surface area contributed by atoms with Gasteiger partial charge in [-0.05, 0) is 6.07 Å². The molecular weight excluding hydrogens is 266 g/mol. The van der Waals surface area contributed by atoms with E-state index in [0.717, 1.165) is 22.2 Å². The average molecular weight is 281 g/mol. The molecule has 0 aliphatic rings. The fourth-order valence-corrected chi connectivity index (χ4v) is 2.29. The number of nitrogens with two attached hydrogens (primary N) is 1. The maximum absolute atomic E-state index is 5.83. The largest absolute Gasteiger partial charge is 0.493 e. The van der Waals surface area contributed by atoms with Crippen molar-refractivity contribution in [3.63, 3.8) is 0 Å². The van der Waals surface area contributed by atoms with Crippen LogP contribution in [-0.4, -0.2) is 24.2 Å². The Kier molecular flexibility index (Phi) is 3.31. The van der Waals surface area contributed by atoms with Crippen LogP contribution >= 0.6 is 0 Å². The van der Waals surface area contributed by atoms with E-state index in [2.05, 4.69) is 9.97 Å². The van der Waals surface area contributed by atoms with Crippen LogP contribution in [-0.2, 0) is 0 Å². The number of methoxy groups -OCH3 is 2. The fourth-order valence-electron chi connectivity index (χ4n) is 2.29. The number of benzene rings is 2. The third kappa shape index (κ3) is 2.33. The van der Waals surface area contributed by atoms with Crippen molar-refractivity contribution in [2.24, 2.45) is 0 Å². The number of hydrogen-bond acceptors (Lipinski definition) is 5. The van der Waals surface area contributed by atoms with E-state index in [-0.39, 0.29) is 5.95 Å². The second-order valence-electron chi connectivity index (χ2n) is 4.52. The lowest BCUT2D eigenvalue weighted by molar-refractivity contribution is 0.356. The molecule has 0 aliphatic heterocycles. The number of nitrogen functional groups attached to an aromatic ring is 1. The summed E-state index contributed by atoms with van der Waals surface area (Å²) in [5.74, 6) is 1.48. The van der Waals surface area contributed by atoms with Crippen LogP contribution in [0.3, 0.4) is 0 Å². The minimum absolute atomic E-state index is 0.230. The lowest BCUT2D eigenvalue weighted by Gasteiger charge is -2.11. The Bertz CT molecular complexity index is 788. The second-order valence-corrected chi connectivity index (χ2v) is 4.52. The summed E-state index contributed by atoms with van der Waals surface area (Å²) in [4.78, 5) is 8.65. The lowest BCUT2D eigenvalue weighted by atomic mass is 10.1. The SMILES string of the molecule is COc1cc2nc(N)nc(-c3ccccc3)c2cc1OC. The Morgan fingerprint density at radius 1 is 0.905 bits per heavy atom. The lowest BCUT2D eigenvalue weighted by Crippen LogP contribution is -1.99. The van der Waals surface area contributed by atoms with Gasteiger partial charge in [-0.25, -0.2) is 9.97 Å². The van der Waals surface area contributed by atoms with Gasteiger partial charge in [0.25, 0.3) is 0 Å². The summed E-state index contributed by atoms with van der Waals surface area (Å²) in [5, 5.41) is 0.869. The Morgan fingerprint density at radius 3 is 2.24 bits per heavy atom. The first-order chi connectivity index (χ1) is 10.2. The Hall–Kier alpha value is -2.82. The molecule has 0 fully saturated rings. The van der Waals surface area contributed by atoms with Crippen LogP contribution in [0.15, 0.2) is 42.5 Å². The number of ether oxygens (including phenoxy) is 2. The molecule has 0 bridgehead atoms. The van der Waals surface area contributed by atoms with E-state index in [9.17, 15) is 0 Å². The minimum atomic E-state index is 0.230. The van der Waals surface area contributed by atoms with Gasteiger partial charge in [0.2, 0.25) is 5.95 Å². The van der Waals surface area contributed by atoms with Gasteiger partial charge in [-0.3, -0.25) is 0 Å². The standard InChI is InChI=1S/C16H15N3O2/c1-20-13-8-11-12(9-14(13)21-2)18-16(17)19-15(11)10-6-4-3-5-7-10/h3-9H,1-2H3,(H2,17,18,19). The molecule has 0 saturated heterocycles. The van der Waals surface area contributed by atoms with Gasteiger partial charge in [-0.1, -0.05) is 30.3 Å². The molecule has 0 amide bonds. The average Bonchev–Trinajstić information content (AvgIpc) is 2.53. The van der Waals surface area contributed by atoms with E-state index >= 15 is 0 Å². The monoisotopic (exact) mass is 281 g/mol.